The van der Waals surface area contributed by atoms with Crippen molar-refractivity contribution < 1.29 is 0 Å². The fourth-order valence-electron chi connectivity index (χ4n) is 4.37. The number of fused-ring (bicyclic) bond motifs is 5. The van der Waals surface area contributed by atoms with Crippen molar-refractivity contribution in [2.24, 2.45) is 5.92 Å². The maximum absolute atomic E-state index is 4.62. The van der Waals surface area contributed by atoms with Crippen molar-refractivity contribution in [3.63, 3.8) is 0 Å². The molecule has 26 heavy (non-hydrogen) atoms. The normalized spacial score (nSPS) is 23.2. The molecule has 2 aliphatic rings. The first-order chi connectivity index (χ1) is 12.8. The van der Waals surface area contributed by atoms with Crippen LogP contribution in [-0.4, -0.2) is 21.1 Å². The van der Waals surface area contributed by atoms with Gasteiger partial charge in [-0.05, 0) is 23.8 Å². The molecule has 0 spiro atoms. The Morgan fingerprint density at radius 3 is 2.69 bits per heavy atom. The number of anilines is 4. The summed E-state index contributed by atoms with van der Waals surface area (Å²) in [6, 6.07) is 12.6. The number of hydrogen-bond donors (Lipinski definition) is 0. The van der Waals surface area contributed by atoms with Crippen LogP contribution in [0, 0.1) is 5.92 Å². The quantitative estimate of drug-likeness (QED) is 0.646. The zero-order valence-electron chi connectivity index (χ0n) is 14.5. The minimum Gasteiger partial charge on any atom is -0.315 e. The van der Waals surface area contributed by atoms with E-state index in [4.69, 9.17) is 0 Å². The average Bonchev–Trinajstić information content (AvgIpc) is 3.05. The van der Waals surface area contributed by atoms with E-state index in [1.54, 1.807) is 12.5 Å². The van der Waals surface area contributed by atoms with Crippen molar-refractivity contribution in [3.05, 3.63) is 79.5 Å². The molecule has 0 fully saturated rings. The van der Waals surface area contributed by atoms with Gasteiger partial charge < -0.3 is 9.80 Å². The Balaban J connectivity index is 1.78. The first-order valence-electron chi connectivity index (χ1n) is 8.81. The highest BCUT2D eigenvalue weighted by atomic mass is 15.5. The number of pyridine rings is 1. The maximum Gasteiger partial charge on any atom is 0.162 e. The highest BCUT2D eigenvalue weighted by molar-refractivity contribution is 5.87. The zero-order valence-corrected chi connectivity index (χ0v) is 14.5. The summed E-state index contributed by atoms with van der Waals surface area (Å²) in [4.78, 5) is 17.9. The smallest absolute Gasteiger partial charge is 0.162 e. The zero-order chi connectivity index (χ0) is 17.7. The molecule has 0 aliphatic carbocycles. The molecular weight excluding hydrogens is 322 g/mol. The molecule has 128 valence electrons. The van der Waals surface area contributed by atoms with Crippen molar-refractivity contribution in [1.29, 1.82) is 0 Å². The van der Waals surface area contributed by atoms with Gasteiger partial charge in [0, 0.05) is 23.7 Å². The number of nitrogens with zero attached hydrogens (tertiary/aromatic N) is 5. The molecule has 0 bridgehead atoms. The van der Waals surface area contributed by atoms with E-state index in [-0.39, 0.29) is 12.1 Å². The van der Waals surface area contributed by atoms with Crippen molar-refractivity contribution in [2.75, 3.05) is 9.80 Å². The van der Waals surface area contributed by atoms with Gasteiger partial charge in [0.1, 0.15) is 18.2 Å². The number of allylic oxidation sites excluding steroid dienone is 1. The number of hydrogen-bond acceptors (Lipinski definition) is 5. The van der Waals surface area contributed by atoms with Crippen LogP contribution in [0.3, 0.4) is 0 Å². The first-order valence-corrected chi connectivity index (χ1v) is 8.81. The summed E-state index contributed by atoms with van der Waals surface area (Å²) in [5.74, 6) is 1.51. The lowest BCUT2D eigenvalue weighted by Gasteiger charge is -2.44. The standard InChI is InChI=1S/C21H19N5/c1-3-16-14(2)21-25(15-7-6-10-22-11-15)20-19(12-23-13-24-20)26(21)18-9-5-4-8-17(16)18/h3-14,16,21H,1H2,2H3. The second kappa shape index (κ2) is 5.66. The molecule has 3 aromatic rings. The Labute approximate surface area is 152 Å². The maximum atomic E-state index is 4.62. The Kier molecular flexibility index (Phi) is 3.28. The Hall–Kier alpha value is -3.21. The fraction of sp³-hybridized carbons (Fsp3) is 0.190. The first kappa shape index (κ1) is 15.1. The molecule has 3 unspecified atom stereocenters. The molecule has 3 atom stereocenters. The molecule has 2 aliphatic heterocycles. The Morgan fingerprint density at radius 2 is 1.88 bits per heavy atom. The third-order valence-corrected chi connectivity index (χ3v) is 5.46. The van der Waals surface area contributed by atoms with Gasteiger partial charge in [-0.1, -0.05) is 31.2 Å². The third kappa shape index (κ3) is 1.94. The summed E-state index contributed by atoms with van der Waals surface area (Å²) in [5, 5.41) is 0. The molecule has 0 amide bonds. The monoisotopic (exact) mass is 341 g/mol. The van der Waals surface area contributed by atoms with E-state index in [0.717, 1.165) is 17.2 Å². The van der Waals surface area contributed by atoms with Crippen LogP contribution in [0.4, 0.5) is 22.9 Å². The highest BCUT2D eigenvalue weighted by Crippen LogP contribution is 2.54. The molecular formula is C21H19N5. The lowest BCUT2D eigenvalue weighted by atomic mass is 9.80. The van der Waals surface area contributed by atoms with Gasteiger partial charge in [-0.25, -0.2) is 9.97 Å². The van der Waals surface area contributed by atoms with Gasteiger partial charge in [0.05, 0.1) is 18.1 Å². The molecule has 0 radical (unpaired) electrons. The number of aromatic nitrogens is 3. The van der Waals surface area contributed by atoms with E-state index < -0.39 is 0 Å². The Bertz CT molecular complexity index is 971. The SMILES string of the molecule is C=CC1c2ccccc2N2c3cncnc3N(c3cccnc3)C2C1C. The molecule has 0 N–H and O–H groups in total. The molecule has 5 nitrogen and oxygen atoms in total. The van der Waals surface area contributed by atoms with Crippen LogP contribution in [0.2, 0.25) is 0 Å². The Morgan fingerprint density at radius 1 is 1.00 bits per heavy atom. The molecule has 4 heterocycles. The van der Waals surface area contributed by atoms with Crippen LogP contribution in [0.1, 0.15) is 18.4 Å². The second-order valence-electron chi connectivity index (χ2n) is 6.78. The minimum atomic E-state index is 0.101. The third-order valence-electron chi connectivity index (χ3n) is 5.46. The fourth-order valence-corrected chi connectivity index (χ4v) is 4.37. The lowest BCUT2D eigenvalue weighted by molar-refractivity contribution is 0.409. The van der Waals surface area contributed by atoms with E-state index in [2.05, 4.69) is 74.7 Å². The van der Waals surface area contributed by atoms with Crippen LogP contribution in [0.25, 0.3) is 0 Å². The van der Waals surface area contributed by atoms with E-state index in [9.17, 15) is 0 Å². The van der Waals surface area contributed by atoms with E-state index in [1.165, 1.54) is 11.3 Å². The summed E-state index contributed by atoms with van der Waals surface area (Å²) in [5.41, 5.74) is 4.56. The lowest BCUT2D eigenvalue weighted by Crippen LogP contribution is -2.48. The molecule has 5 rings (SSSR count). The summed E-state index contributed by atoms with van der Waals surface area (Å²) < 4.78 is 0. The van der Waals surface area contributed by atoms with Crippen molar-refractivity contribution >= 4 is 22.9 Å². The minimum absolute atomic E-state index is 0.101. The van der Waals surface area contributed by atoms with Gasteiger partial charge in [-0.15, -0.1) is 6.58 Å². The largest absolute Gasteiger partial charge is 0.315 e. The van der Waals surface area contributed by atoms with Crippen LogP contribution < -0.4 is 9.80 Å². The number of benzene rings is 1. The molecule has 1 aromatic carbocycles. The number of para-hydroxylation sites is 1. The van der Waals surface area contributed by atoms with E-state index in [0.29, 0.717) is 5.92 Å². The molecule has 2 aromatic heterocycles. The predicted octanol–water partition coefficient (Wildman–Crippen LogP) is 4.41. The van der Waals surface area contributed by atoms with Gasteiger partial charge in [-0.2, -0.15) is 0 Å². The van der Waals surface area contributed by atoms with Crippen LogP contribution in [-0.2, 0) is 0 Å². The highest BCUT2D eigenvalue weighted by Gasteiger charge is 2.48. The van der Waals surface area contributed by atoms with Crippen molar-refractivity contribution in [3.8, 4) is 0 Å². The van der Waals surface area contributed by atoms with Gasteiger partial charge in [-0.3, -0.25) is 4.98 Å². The number of rotatable bonds is 2. The van der Waals surface area contributed by atoms with E-state index >= 15 is 0 Å². The van der Waals surface area contributed by atoms with E-state index in [1.807, 2.05) is 18.5 Å². The van der Waals surface area contributed by atoms with Crippen molar-refractivity contribution in [2.45, 2.75) is 19.0 Å². The van der Waals surface area contributed by atoms with Gasteiger partial charge in [0.15, 0.2) is 5.82 Å². The summed E-state index contributed by atoms with van der Waals surface area (Å²) >= 11 is 0. The summed E-state index contributed by atoms with van der Waals surface area (Å²) in [6.07, 6.45) is 9.38. The van der Waals surface area contributed by atoms with Crippen LogP contribution in [0.15, 0.2) is 74.0 Å². The van der Waals surface area contributed by atoms with Gasteiger partial charge in [0.25, 0.3) is 0 Å². The average molecular weight is 341 g/mol. The van der Waals surface area contributed by atoms with Gasteiger partial charge in [0.2, 0.25) is 0 Å². The molecule has 0 saturated carbocycles. The van der Waals surface area contributed by atoms with Crippen LogP contribution >= 0.6 is 0 Å². The predicted molar refractivity (Wildman–Crippen MR) is 103 cm³/mol. The van der Waals surface area contributed by atoms with Crippen LogP contribution in [0.5, 0.6) is 0 Å². The molecule has 5 heteroatoms. The molecule has 0 saturated heterocycles. The topological polar surface area (TPSA) is 45.2 Å². The van der Waals surface area contributed by atoms with Gasteiger partial charge >= 0.3 is 0 Å². The van der Waals surface area contributed by atoms with Crippen molar-refractivity contribution in [1.82, 2.24) is 15.0 Å². The summed E-state index contributed by atoms with van der Waals surface area (Å²) in [6.45, 7) is 6.40. The summed E-state index contributed by atoms with van der Waals surface area (Å²) in [7, 11) is 0. The second-order valence-corrected chi connectivity index (χ2v) is 6.78.